The third-order valence-electron chi connectivity index (χ3n) is 2.20. The molecule has 0 aliphatic carbocycles. The van der Waals surface area contributed by atoms with Crippen LogP contribution < -0.4 is 10.2 Å². The zero-order chi connectivity index (χ0) is 12.8. The zero-order valence-corrected chi connectivity index (χ0v) is 11.2. The van der Waals surface area contributed by atoms with Crippen LogP contribution in [0.15, 0.2) is 34.7 Å². The molecule has 0 fully saturated rings. The summed E-state index contributed by atoms with van der Waals surface area (Å²) in [5, 5.41) is 6.93. The van der Waals surface area contributed by atoms with Crippen LogP contribution in [0.25, 0.3) is 0 Å². The molecule has 0 saturated carbocycles. The van der Waals surface area contributed by atoms with E-state index in [0.29, 0.717) is 6.61 Å². The van der Waals surface area contributed by atoms with Crippen molar-refractivity contribution >= 4 is 22.7 Å². The Hall–Kier alpha value is -1.88. The maximum absolute atomic E-state index is 5.51. The Kier molecular flexibility index (Phi) is 4.30. The fourth-order valence-corrected chi connectivity index (χ4v) is 2.07. The van der Waals surface area contributed by atoms with Crippen LogP contribution in [0.3, 0.4) is 0 Å². The van der Waals surface area contributed by atoms with Crippen LogP contribution >= 0.6 is 11.3 Å². The summed E-state index contributed by atoms with van der Waals surface area (Å²) < 4.78 is 5.51. The highest BCUT2D eigenvalue weighted by molar-refractivity contribution is 7.13. The van der Waals surface area contributed by atoms with Crippen LogP contribution in [0.1, 0.15) is 18.2 Å². The molecular weight excluding hydrogens is 246 g/mol. The van der Waals surface area contributed by atoms with Crippen LogP contribution in [-0.4, -0.2) is 17.8 Å². The lowest BCUT2D eigenvalue weighted by atomic mass is 10.2. The van der Waals surface area contributed by atoms with Crippen molar-refractivity contribution in [2.45, 2.75) is 13.8 Å². The highest BCUT2D eigenvalue weighted by Crippen LogP contribution is 2.17. The van der Waals surface area contributed by atoms with Gasteiger partial charge in [0.05, 0.1) is 18.5 Å². The van der Waals surface area contributed by atoms with Gasteiger partial charge in [0.1, 0.15) is 5.75 Å². The molecule has 0 aliphatic rings. The van der Waals surface area contributed by atoms with Gasteiger partial charge in [-0.2, -0.15) is 5.10 Å². The minimum Gasteiger partial charge on any atom is -0.493 e. The molecule has 0 radical (unpaired) electrons. The number of benzene rings is 1. The van der Waals surface area contributed by atoms with Gasteiger partial charge in [0.15, 0.2) is 0 Å². The number of ether oxygens (including phenoxy) is 1. The first-order chi connectivity index (χ1) is 8.79. The van der Waals surface area contributed by atoms with Gasteiger partial charge in [-0.3, -0.25) is 5.43 Å². The number of nitrogens with zero attached hydrogens (tertiary/aromatic N) is 2. The average molecular weight is 261 g/mol. The van der Waals surface area contributed by atoms with Crippen molar-refractivity contribution in [1.82, 2.24) is 4.98 Å². The van der Waals surface area contributed by atoms with E-state index in [9.17, 15) is 0 Å². The Bertz CT molecular complexity index is 537. The van der Waals surface area contributed by atoms with E-state index in [1.54, 1.807) is 6.21 Å². The molecule has 1 heterocycles. The van der Waals surface area contributed by atoms with E-state index < -0.39 is 0 Å². The summed E-state index contributed by atoms with van der Waals surface area (Å²) in [6.45, 7) is 4.56. The molecule has 0 aliphatic heterocycles. The second-order valence-corrected chi connectivity index (χ2v) is 4.49. The topological polar surface area (TPSA) is 46.5 Å². The number of hydrogen-bond acceptors (Lipinski definition) is 5. The lowest BCUT2D eigenvalue weighted by Gasteiger charge is -2.05. The Labute approximate surface area is 110 Å². The third kappa shape index (κ3) is 3.30. The molecule has 1 aromatic heterocycles. The zero-order valence-electron chi connectivity index (χ0n) is 10.4. The number of hydrogen-bond donors (Lipinski definition) is 1. The Morgan fingerprint density at radius 1 is 1.44 bits per heavy atom. The number of aromatic nitrogens is 1. The number of anilines is 1. The van der Waals surface area contributed by atoms with Gasteiger partial charge in [-0.25, -0.2) is 4.98 Å². The van der Waals surface area contributed by atoms with E-state index in [1.807, 2.05) is 43.5 Å². The van der Waals surface area contributed by atoms with Crippen molar-refractivity contribution in [3.05, 3.63) is 40.9 Å². The summed E-state index contributed by atoms with van der Waals surface area (Å²) in [4.78, 5) is 4.26. The minimum absolute atomic E-state index is 0.643. The number of nitrogens with one attached hydrogen (secondary N) is 1. The molecule has 0 spiro atoms. The third-order valence-corrected chi connectivity index (χ3v) is 3.07. The van der Waals surface area contributed by atoms with Gasteiger partial charge in [0, 0.05) is 10.9 Å². The van der Waals surface area contributed by atoms with E-state index >= 15 is 0 Å². The van der Waals surface area contributed by atoms with Crippen LogP contribution in [-0.2, 0) is 0 Å². The number of rotatable bonds is 5. The van der Waals surface area contributed by atoms with Gasteiger partial charge in [0.25, 0.3) is 0 Å². The van der Waals surface area contributed by atoms with Gasteiger partial charge in [-0.15, -0.1) is 11.3 Å². The van der Waals surface area contributed by atoms with Gasteiger partial charge in [0.2, 0.25) is 5.13 Å². The molecule has 0 atom stereocenters. The highest BCUT2D eigenvalue weighted by atomic mass is 32.1. The van der Waals surface area contributed by atoms with Crippen molar-refractivity contribution in [1.29, 1.82) is 0 Å². The van der Waals surface area contributed by atoms with Crippen molar-refractivity contribution in [3.63, 3.8) is 0 Å². The van der Waals surface area contributed by atoms with Crippen LogP contribution in [0.2, 0.25) is 0 Å². The molecule has 0 bridgehead atoms. The Balaban J connectivity index is 2.04. The normalized spacial score (nSPS) is 10.8. The van der Waals surface area contributed by atoms with E-state index in [0.717, 1.165) is 22.1 Å². The maximum Gasteiger partial charge on any atom is 0.203 e. The first kappa shape index (κ1) is 12.6. The van der Waals surface area contributed by atoms with Crippen molar-refractivity contribution < 1.29 is 4.74 Å². The summed E-state index contributed by atoms with van der Waals surface area (Å²) in [6, 6.07) is 7.79. The number of thiazole rings is 1. The molecular formula is C13H15N3OS. The van der Waals surface area contributed by atoms with E-state index in [-0.39, 0.29) is 0 Å². The lowest BCUT2D eigenvalue weighted by molar-refractivity contribution is 0.340. The number of hydrazone groups is 1. The average Bonchev–Trinajstić information content (AvgIpc) is 2.78. The largest absolute Gasteiger partial charge is 0.493 e. The quantitative estimate of drug-likeness (QED) is 0.663. The Morgan fingerprint density at radius 2 is 2.28 bits per heavy atom. The molecule has 94 valence electrons. The number of aryl methyl sites for hydroxylation is 1. The Morgan fingerprint density at radius 3 is 3.00 bits per heavy atom. The summed E-state index contributed by atoms with van der Waals surface area (Å²) in [5.41, 5.74) is 4.84. The second kappa shape index (κ2) is 6.16. The summed E-state index contributed by atoms with van der Waals surface area (Å²) in [5.74, 6) is 0.834. The first-order valence-electron chi connectivity index (χ1n) is 5.72. The summed E-state index contributed by atoms with van der Waals surface area (Å²) >= 11 is 1.53. The monoisotopic (exact) mass is 261 g/mol. The van der Waals surface area contributed by atoms with E-state index in [1.165, 1.54) is 11.3 Å². The van der Waals surface area contributed by atoms with Crippen LogP contribution in [0.5, 0.6) is 5.75 Å². The summed E-state index contributed by atoms with van der Waals surface area (Å²) in [7, 11) is 0. The maximum atomic E-state index is 5.51. The lowest BCUT2D eigenvalue weighted by Crippen LogP contribution is -1.97. The van der Waals surface area contributed by atoms with Gasteiger partial charge >= 0.3 is 0 Å². The standard InChI is InChI=1S/C13H15N3OS/c1-3-17-12-7-5-4-6-11(12)8-14-16-13-15-10(2)9-18-13/h4-9H,3H2,1-2H3,(H,15,16)/b14-8-. The fraction of sp³-hybridized carbons (Fsp3) is 0.231. The highest BCUT2D eigenvalue weighted by Gasteiger charge is 1.99. The smallest absolute Gasteiger partial charge is 0.203 e. The van der Waals surface area contributed by atoms with Gasteiger partial charge in [-0.1, -0.05) is 12.1 Å². The fourth-order valence-electron chi connectivity index (χ4n) is 1.44. The van der Waals surface area contributed by atoms with Crippen LogP contribution in [0, 0.1) is 6.92 Å². The van der Waals surface area contributed by atoms with Crippen LogP contribution in [0.4, 0.5) is 5.13 Å². The second-order valence-electron chi connectivity index (χ2n) is 3.63. The summed E-state index contributed by atoms with van der Waals surface area (Å²) in [6.07, 6.45) is 1.74. The SMILES string of the molecule is CCOc1ccccc1/C=N\Nc1nc(C)cs1. The number of para-hydroxylation sites is 1. The van der Waals surface area contributed by atoms with Crippen molar-refractivity contribution in [3.8, 4) is 5.75 Å². The van der Waals surface area contributed by atoms with Gasteiger partial charge in [-0.05, 0) is 26.0 Å². The molecule has 18 heavy (non-hydrogen) atoms. The van der Waals surface area contributed by atoms with E-state index in [2.05, 4.69) is 15.5 Å². The predicted molar refractivity (Wildman–Crippen MR) is 75.7 cm³/mol. The molecule has 2 rings (SSSR count). The molecule has 0 amide bonds. The first-order valence-corrected chi connectivity index (χ1v) is 6.60. The molecule has 5 heteroatoms. The van der Waals surface area contributed by atoms with Crippen molar-refractivity contribution in [2.24, 2.45) is 5.10 Å². The van der Waals surface area contributed by atoms with Crippen molar-refractivity contribution in [2.75, 3.05) is 12.0 Å². The minimum atomic E-state index is 0.643. The molecule has 1 N–H and O–H groups in total. The molecule has 1 aromatic carbocycles. The molecule has 4 nitrogen and oxygen atoms in total. The molecule has 0 unspecified atom stereocenters. The van der Waals surface area contributed by atoms with E-state index in [4.69, 9.17) is 4.74 Å². The predicted octanol–water partition coefficient (Wildman–Crippen LogP) is 3.30. The molecule has 2 aromatic rings. The van der Waals surface area contributed by atoms with Gasteiger partial charge < -0.3 is 4.74 Å². The molecule has 0 saturated heterocycles.